The number of piperidine rings is 2. The Balaban J connectivity index is 1.87. The Kier molecular flexibility index (Phi) is 6.47. The molecule has 1 aromatic carbocycles. The van der Waals surface area contributed by atoms with Gasteiger partial charge >= 0.3 is 6.03 Å². The van der Waals surface area contributed by atoms with Gasteiger partial charge in [-0.3, -0.25) is 4.79 Å². The van der Waals surface area contributed by atoms with Crippen molar-refractivity contribution < 1.29 is 9.59 Å². The lowest BCUT2D eigenvalue weighted by molar-refractivity contribution is 0.0697. The zero-order valence-corrected chi connectivity index (χ0v) is 17.7. The summed E-state index contributed by atoms with van der Waals surface area (Å²) < 4.78 is 0. The van der Waals surface area contributed by atoms with Gasteiger partial charge in [-0.05, 0) is 55.7 Å². The third-order valence-corrected chi connectivity index (χ3v) is 6.08. The van der Waals surface area contributed by atoms with Crippen LogP contribution in [0.5, 0.6) is 0 Å². The first kappa shape index (κ1) is 20.5. The number of nitrogens with zero attached hydrogens (tertiary/aromatic N) is 3. The monoisotopic (exact) mass is 386 g/mol. The van der Waals surface area contributed by atoms with Gasteiger partial charge in [0.05, 0.1) is 5.56 Å². The van der Waals surface area contributed by atoms with Crippen molar-refractivity contribution in [3.8, 4) is 0 Å². The number of benzene rings is 1. The lowest BCUT2D eigenvalue weighted by Gasteiger charge is -2.35. The quantitative estimate of drug-likeness (QED) is 0.857. The normalized spacial score (nSPS) is 18.9. The van der Waals surface area contributed by atoms with Crippen molar-refractivity contribution in [3.05, 3.63) is 23.8 Å². The smallest absolute Gasteiger partial charge is 0.321 e. The first-order valence-electron chi connectivity index (χ1n) is 10.5. The maximum Gasteiger partial charge on any atom is 0.321 e. The number of nitrogens with one attached hydrogen (secondary N) is 1. The molecule has 0 radical (unpaired) electrons. The Morgan fingerprint density at radius 1 is 0.964 bits per heavy atom. The summed E-state index contributed by atoms with van der Waals surface area (Å²) >= 11 is 0. The van der Waals surface area contributed by atoms with Gasteiger partial charge in [-0.15, -0.1) is 0 Å². The summed E-state index contributed by atoms with van der Waals surface area (Å²) in [7, 11) is 3.42. The van der Waals surface area contributed by atoms with E-state index in [9.17, 15) is 9.59 Å². The first-order chi connectivity index (χ1) is 13.3. The van der Waals surface area contributed by atoms with Crippen molar-refractivity contribution in [1.29, 1.82) is 0 Å². The highest BCUT2D eigenvalue weighted by molar-refractivity contribution is 6.02. The van der Waals surface area contributed by atoms with Crippen molar-refractivity contribution in [1.82, 2.24) is 9.80 Å². The van der Waals surface area contributed by atoms with Gasteiger partial charge in [0, 0.05) is 51.6 Å². The number of carbonyl (C=O) groups excluding carboxylic acids is 2. The van der Waals surface area contributed by atoms with Crippen LogP contribution >= 0.6 is 0 Å². The molecule has 1 aromatic rings. The second-order valence-corrected chi connectivity index (χ2v) is 8.70. The molecule has 0 aromatic heterocycles. The van der Waals surface area contributed by atoms with Gasteiger partial charge in [0.15, 0.2) is 0 Å². The van der Waals surface area contributed by atoms with Crippen LogP contribution in [0.4, 0.5) is 16.2 Å². The van der Waals surface area contributed by atoms with E-state index in [1.165, 1.54) is 4.90 Å². The molecule has 2 fully saturated rings. The molecule has 3 rings (SSSR count). The van der Waals surface area contributed by atoms with Crippen LogP contribution in [0, 0.1) is 11.8 Å². The van der Waals surface area contributed by atoms with Crippen molar-refractivity contribution in [2.45, 2.75) is 39.5 Å². The molecular weight excluding hydrogens is 352 g/mol. The average molecular weight is 387 g/mol. The van der Waals surface area contributed by atoms with Crippen LogP contribution in [0.2, 0.25) is 0 Å². The molecule has 6 nitrogen and oxygen atoms in total. The van der Waals surface area contributed by atoms with Gasteiger partial charge in [0.2, 0.25) is 0 Å². The molecule has 2 aliphatic heterocycles. The third kappa shape index (κ3) is 4.78. The summed E-state index contributed by atoms with van der Waals surface area (Å²) in [4.78, 5) is 31.2. The van der Waals surface area contributed by atoms with Crippen molar-refractivity contribution in [2.24, 2.45) is 11.8 Å². The fourth-order valence-corrected chi connectivity index (χ4v) is 3.93. The lowest BCUT2D eigenvalue weighted by atomic mass is 9.96. The van der Waals surface area contributed by atoms with E-state index in [1.807, 2.05) is 23.1 Å². The van der Waals surface area contributed by atoms with Crippen molar-refractivity contribution in [3.63, 3.8) is 0 Å². The van der Waals surface area contributed by atoms with E-state index in [0.29, 0.717) is 17.2 Å². The molecule has 0 spiro atoms. The zero-order chi connectivity index (χ0) is 20.3. The van der Waals surface area contributed by atoms with Crippen LogP contribution in [0.25, 0.3) is 0 Å². The van der Waals surface area contributed by atoms with Crippen LogP contribution in [-0.4, -0.2) is 62.0 Å². The number of likely N-dealkylation sites (tertiary alicyclic amines) is 1. The van der Waals surface area contributed by atoms with Crippen LogP contribution in [-0.2, 0) is 0 Å². The highest BCUT2D eigenvalue weighted by Gasteiger charge is 2.27. The molecule has 0 unspecified atom stereocenters. The van der Waals surface area contributed by atoms with E-state index in [2.05, 4.69) is 24.1 Å². The molecule has 3 amide bonds. The number of anilines is 2. The fraction of sp³-hybridized carbons (Fsp3) is 0.636. The maximum atomic E-state index is 13.4. The van der Waals surface area contributed by atoms with E-state index >= 15 is 0 Å². The first-order valence-corrected chi connectivity index (χ1v) is 10.5. The third-order valence-electron chi connectivity index (χ3n) is 6.08. The summed E-state index contributed by atoms with van der Waals surface area (Å²) in [5, 5.41) is 2.88. The van der Waals surface area contributed by atoms with Gasteiger partial charge in [-0.1, -0.05) is 13.8 Å². The standard InChI is InChI=1S/C22H34N4O2/c1-16-7-11-25(12-8-16)20-6-5-18(23-22(28)24(3)4)15-19(20)21(27)26-13-9-17(2)10-14-26/h5-6,15-17H,7-14H2,1-4H3,(H,23,28). The lowest BCUT2D eigenvalue weighted by Crippen LogP contribution is -2.40. The number of hydrogen-bond donors (Lipinski definition) is 1. The Bertz CT molecular complexity index is 702. The number of urea groups is 1. The minimum Gasteiger partial charge on any atom is -0.371 e. The van der Waals surface area contributed by atoms with E-state index in [1.54, 1.807) is 14.1 Å². The minimum atomic E-state index is -0.190. The average Bonchev–Trinajstić information content (AvgIpc) is 2.68. The Morgan fingerprint density at radius 2 is 1.54 bits per heavy atom. The van der Waals surface area contributed by atoms with Crippen LogP contribution in [0.3, 0.4) is 0 Å². The highest BCUT2D eigenvalue weighted by atomic mass is 16.2. The SMILES string of the molecule is CC1CCN(C(=O)c2cc(NC(=O)N(C)C)ccc2N2CCC(C)CC2)CC1. The number of amides is 3. The highest BCUT2D eigenvalue weighted by Crippen LogP contribution is 2.30. The second kappa shape index (κ2) is 8.84. The molecule has 0 saturated carbocycles. The van der Waals surface area contributed by atoms with Crippen molar-refractivity contribution >= 4 is 23.3 Å². The molecule has 6 heteroatoms. The summed E-state index contributed by atoms with van der Waals surface area (Å²) in [6, 6.07) is 5.57. The van der Waals surface area contributed by atoms with Gasteiger partial charge in [-0.2, -0.15) is 0 Å². The van der Waals surface area contributed by atoms with Gasteiger partial charge < -0.3 is 20.0 Å². The van der Waals surface area contributed by atoms with Gasteiger partial charge in [0.25, 0.3) is 5.91 Å². The molecule has 2 saturated heterocycles. The van der Waals surface area contributed by atoms with Gasteiger partial charge in [-0.25, -0.2) is 4.79 Å². The van der Waals surface area contributed by atoms with E-state index < -0.39 is 0 Å². The minimum absolute atomic E-state index is 0.0847. The zero-order valence-electron chi connectivity index (χ0n) is 17.7. The topological polar surface area (TPSA) is 55.9 Å². The maximum absolute atomic E-state index is 13.4. The van der Waals surface area contributed by atoms with Crippen molar-refractivity contribution in [2.75, 3.05) is 50.5 Å². The molecule has 0 atom stereocenters. The molecule has 1 N–H and O–H groups in total. The molecule has 2 heterocycles. The largest absolute Gasteiger partial charge is 0.371 e. The number of rotatable bonds is 3. The fourth-order valence-electron chi connectivity index (χ4n) is 3.93. The summed E-state index contributed by atoms with van der Waals surface area (Å²) in [5.41, 5.74) is 2.38. The molecule has 154 valence electrons. The second-order valence-electron chi connectivity index (χ2n) is 8.70. The predicted octanol–water partition coefficient (Wildman–Crippen LogP) is 3.89. The molecule has 2 aliphatic rings. The van der Waals surface area contributed by atoms with Crippen LogP contribution in [0.1, 0.15) is 49.9 Å². The van der Waals surface area contributed by atoms with Gasteiger partial charge in [0.1, 0.15) is 0 Å². The summed E-state index contributed by atoms with van der Waals surface area (Å²) in [6.07, 6.45) is 4.40. The van der Waals surface area contributed by atoms with E-state index in [4.69, 9.17) is 0 Å². The predicted molar refractivity (Wildman–Crippen MR) is 114 cm³/mol. The Morgan fingerprint density at radius 3 is 2.11 bits per heavy atom. The van der Waals surface area contributed by atoms with Crippen LogP contribution in [0.15, 0.2) is 18.2 Å². The molecule has 28 heavy (non-hydrogen) atoms. The molecule has 0 aliphatic carbocycles. The number of carbonyl (C=O) groups is 2. The van der Waals surface area contributed by atoms with Crippen LogP contribution < -0.4 is 10.2 Å². The Hall–Kier alpha value is -2.24. The van der Waals surface area contributed by atoms with E-state index in [-0.39, 0.29) is 11.9 Å². The molecule has 0 bridgehead atoms. The number of hydrogen-bond acceptors (Lipinski definition) is 3. The van der Waals surface area contributed by atoms with E-state index in [0.717, 1.165) is 63.5 Å². The Labute approximate surface area is 168 Å². The summed E-state index contributed by atoms with van der Waals surface area (Å²) in [6.45, 7) is 8.11. The summed E-state index contributed by atoms with van der Waals surface area (Å²) in [5.74, 6) is 1.50. The molecular formula is C22H34N4O2.